The maximum atomic E-state index is 11.7. The van der Waals surface area contributed by atoms with Crippen molar-refractivity contribution < 1.29 is 13.2 Å². The second kappa shape index (κ2) is 5.48. The Hall–Kier alpha value is -1.11. The van der Waals surface area contributed by atoms with Gasteiger partial charge in [0, 0.05) is 17.1 Å². The summed E-state index contributed by atoms with van der Waals surface area (Å²) in [5.41, 5.74) is 0.991. The molecule has 3 N–H and O–H groups in total. The highest BCUT2D eigenvalue weighted by molar-refractivity contribution is 7.89. The van der Waals surface area contributed by atoms with Gasteiger partial charge in [0.2, 0.25) is 15.9 Å². The van der Waals surface area contributed by atoms with E-state index in [1.807, 2.05) is 0 Å². The SMILES string of the molecule is NS(=O)(=O)c1cc(Cl)cc2c1CCCCCC(=O)N2. The van der Waals surface area contributed by atoms with Crippen LogP contribution >= 0.6 is 11.6 Å². The van der Waals surface area contributed by atoms with Crippen LogP contribution in [-0.2, 0) is 21.2 Å². The third-order valence-electron chi connectivity index (χ3n) is 3.08. The second-order valence-electron chi connectivity index (χ2n) is 4.58. The lowest BCUT2D eigenvalue weighted by Gasteiger charge is -2.14. The zero-order valence-corrected chi connectivity index (χ0v) is 11.9. The number of hydrogen-bond donors (Lipinski definition) is 2. The lowest BCUT2D eigenvalue weighted by atomic mass is 10.1. The van der Waals surface area contributed by atoms with E-state index in [0.717, 1.165) is 19.3 Å². The van der Waals surface area contributed by atoms with Gasteiger partial charge in [-0.1, -0.05) is 18.0 Å². The molecule has 0 fully saturated rings. The summed E-state index contributed by atoms with van der Waals surface area (Å²) < 4.78 is 23.3. The third kappa shape index (κ3) is 3.46. The van der Waals surface area contributed by atoms with E-state index in [-0.39, 0.29) is 15.8 Å². The molecule has 1 aliphatic heterocycles. The van der Waals surface area contributed by atoms with Gasteiger partial charge in [-0.2, -0.15) is 0 Å². The first-order chi connectivity index (χ1) is 8.88. The molecular weight excluding hydrogens is 288 g/mol. The molecule has 1 amide bonds. The summed E-state index contributed by atoms with van der Waals surface area (Å²) >= 11 is 5.90. The average Bonchev–Trinajstić information content (AvgIpc) is 2.36. The largest absolute Gasteiger partial charge is 0.326 e. The number of anilines is 1. The first-order valence-electron chi connectivity index (χ1n) is 6.03. The highest BCUT2D eigenvalue weighted by Gasteiger charge is 2.20. The Labute approximate surface area is 117 Å². The number of fused-ring (bicyclic) bond motifs is 1. The second-order valence-corrected chi connectivity index (χ2v) is 6.55. The Bertz CT molecular complexity index is 614. The van der Waals surface area contributed by atoms with Crippen molar-refractivity contribution in [3.05, 3.63) is 22.7 Å². The summed E-state index contributed by atoms with van der Waals surface area (Å²) in [7, 11) is -3.86. The molecule has 5 nitrogen and oxygen atoms in total. The van der Waals surface area contributed by atoms with Crippen molar-refractivity contribution in [3.63, 3.8) is 0 Å². The molecule has 0 bridgehead atoms. The van der Waals surface area contributed by atoms with Crippen molar-refractivity contribution in [2.75, 3.05) is 5.32 Å². The van der Waals surface area contributed by atoms with Crippen LogP contribution in [-0.4, -0.2) is 14.3 Å². The molecule has 1 aromatic carbocycles. The summed E-state index contributed by atoms with van der Waals surface area (Å²) in [5, 5.41) is 8.16. The number of nitrogens with one attached hydrogen (secondary N) is 1. The molecule has 1 heterocycles. The van der Waals surface area contributed by atoms with Crippen molar-refractivity contribution in [2.24, 2.45) is 5.14 Å². The van der Waals surface area contributed by atoms with E-state index in [9.17, 15) is 13.2 Å². The van der Waals surface area contributed by atoms with E-state index in [1.54, 1.807) is 6.07 Å². The van der Waals surface area contributed by atoms with Gasteiger partial charge in [-0.3, -0.25) is 4.79 Å². The Morgan fingerprint density at radius 3 is 2.53 bits per heavy atom. The monoisotopic (exact) mass is 302 g/mol. The molecule has 0 aromatic heterocycles. The Balaban J connectivity index is 2.59. The number of carbonyl (C=O) groups is 1. The third-order valence-corrected chi connectivity index (χ3v) is 4.28. The van der Waals surface area contributed by atoms with Crippen molar-refractivity contribution in [1.29, 1.82) is 0 Å². The van der Waals surface area contributed by atoms with Gasteiger partial charge in [0.15, 0.2) is 0 Å². The van der Waals surface area contributed by atoms with Gasteiger partial charge < -0.3 is 5.32 Å². The number of halogens is 1. The molecule has 104 valence electrons. The van der Waals surface area contributed by atoms with Crippen LogP contribution in [0.15, 0.2) is 17.0 Å². The Kier molecular flexibility index (Phi) is 4.13. The molecule has 0 spiro atoms. The van der Waals surface area contributed by atoms with Crippen LogP contribution in [0.2, 0.25) is 5.02 Å². The highest BCUT2D eigenvalue weighted by atomic mass is 35.5. The van der Waals surface area contributed by atoms with Crippen LogP contribution in [0.3, 0.4) is 0 Å². The van der Waals surface area contributed by atoms with E-state index >= 15 is 0 Å². The van der Waals surface area contributed by atoms with Crippen molar-refractivity contribution in [3.8, 4) is 0 Å². The fraction of sp³-hybridized carbons (Fsp3) is 0.417. The lowest BCUT2D eigenvalue weighted by Crippen LogP contribution is -2.17. The fourth-order valence-electron chi connectivity index (χ4n) is 2.21. The molecule has 19 heavy (non-hydrogen) atoms. The molecule has 0 radical (unpaired) electrons. The number of rotatable bonds is 1. The van der Waals surface area contributed by atoms with E-state index < -0.39 is 10.0 Å². The van der Waals surface area contributed by atoms with Gasteiger partial charge in [0.25, 0.3) is 0 Å². The molecule has 0 unspecified atom stereocenters. The highest BCUT2D eigenvalue weighted by Crippen LogP contribution is 2.30. The molecule has 2 rings (SSSR count). The summed E-state index contributed by atoms with van der Waals surface area (Å²) in [6.45, 7) is 0. The lowest BCUT2D eigenvalue weighted by molar-refractivity contribution is -0.116. The zero-order chi connectivity index (χ0) is 14.0. The number of sulfonamides is 1. The fourth-order valence-corrected chi connectivity index (χ4v) is 3.34. The minimum absolute atomic E-state index is 0.00259. The molecular formula is C12H15ClN2O3S. The topological polar surface area (TPSA) is 89.3 Å². The predicted molar refractivity (Wildman–Crippen MR) is 73.6 cm³/mol. The van der Waals surface area contributed by atoms with E-state index in [2.05, 4.69) is 5.32 Å². The first-order valence-corrected chi connectivity index (χ1v) is 7.95. The molecule has 0 saturated heterocycles. The van der Waals surface area contributed by atoms with Gasteiger partial charge >= 0.3 is 0 Å². The van der Waals surface area contributed by atoms with Gasteiger partial charge in [0.1, 0.15) is 0 Å². The molecule has 1 aromatic rings. The van der Waals surface area contributed by atoms with Crippen molar-refractivity contribution in [2.45, 2.75) is 37.0 Å². The molecule has 0 saturated carbocycles. The summed E-state index contributed by atoms with van der Waals surface area (Å²) in [4.78, 5) is 11.7. The van der Waals surface area contributed by atoms with Crippen LogP contribution in [0.25, 0.3) is 0 Å². The van der Waals surface area contributed by atoms with Gasteiger partial charge in [-0.05, 0) is 37.0 Å². The van der Waals surface area contributed by atoms with Crippen LogP contribution in [0.5, 0.6) is 0 Å². The number of amides is 1. The van der Waals surface area contributed by atoms with E-state index in [1.165, 1.54) is 6.07 Å². The van der Waals surface area contributed by atoms with Crippen molar-refractivity contribution in [1.82, 2.24) is 0 Å². The maximum absolute atomic E-state index is 11.7. The number of carbonyl (C=O) groups excluding carboxylic acids is 1. The number of nitrogens with two attached hydrogens (primary N) is 1. The average molecular weight is 303 g/mol. The van der Waals surface area contributed by atoms with E-state index in [4.69, 9.17) is 16.7 Å². The predicted octanol–water partition coefficient (Wildman–Crippen LogP) is 2.04. The Morgan fingerprint density at radius 1 is 1.16 bits per heavy atom. The Morgan fingerprint density at radius 2 is 1.84 bits per heavy atom. The van der Waals surface area contributed by atoms with Gasteiger partial charge in [0.05, 0.1) is 4.90 Å². The van der Waals surface area contributed by atoms with Crippen LogP contribution in [0.1, 0.15) is 31.2 Å². The molecule has 1 aliphatic rings. The number of primary sulfonamides is 1. The standard InChI is InChI=1S/C12H15ClN2O3S/c13-8-6-10-9(11(7-8)19(14,17)18)4-2-1-3-5-12(16)15-10/h6-7H,1-5H2,(H,15,16)(H2,14,17,18). The summed E-state index contributed by atoms with van der Waals surface area (Å²) in [6, 6.07) is 2.90. The quantitative estimate of drug-likeness (QED) is 0.832. The number of benzene rings is 1. The minimum Gasteiger partial charge on any atom is -0.326 e. The van der Waals surface area contributed by atoms with E-state index in [0.29, 0.717) is 24.1 Å². The van der Waals surface area contributed by atoms with Gasteiger partial charge in [-0.15, -0.1) is 0 Å². The van der Waals surface area contributed by atoms with Crippen molar-refractivity contribution >= 4 is 33.2 Å². The zero-order valence-electron chi connectivity index (χ0n) is 10.3. The number of hydrogen-bond acceptors (Lipinski definition) is 3. The van der Waals surface area contributed by atoms with Crippen LogP contribution < -0.4 is 10.5 Å². The smallest absolute Gasteiger partial charge is 0.238 e. The normalized spacial score (nSPS) is 16.8. The van der Waals surface area contributed by atoms with Crippen LogP contribution in [0.4, 0.5) is 5.69 Å². The molecule has 0 aliphatic carbocycles. The van der Waals surface area contributed by atoms with Gasteiger partial charge in [-0.25, -0.2) is 13.6 Å². The summed E-state index contributed by atoms with van der Waals surface area (Å²) in [5.74, 6) is -0.134. The first kappa shape index (κ1) is 14.3. The molecule has 0 atom stereocenters. The minimum atomic E-state index is -3.86. The molecule has 7 heteroatoms. The van der Waals surface area contributed by atoms with Crippen LogP contribution in [0, 0.1) is 0 Å². The summed E-state index contributed by atoms with van der Waals surface area (Å²) in [6.07, 6.45) is 3.46. The maximum Gasteiger partial charge on any atom is 0.238 e.